The van der Waals surface area contributed by atoms with Crippen LogP contribution in [-0.4, -0.2) is 20.9 Å². The predicted molar refractivity (Wildman–Crippen MR) is 81.8 cm³/mol. The molecule has 1 heterocycles. The predicted octanol–water partition coefficient (Wildman–Crippen LogP) is 2.33. The van der Waals surface area contributed by atoms with Crippen molar-refractivity contribution in [1.82, 2.24) is 20.3 Å². The first-order chi connectivity index (χ1) is 9.85. The molecule has 0 saturated heterocycles. The molecule has 21 heavy (non-hydrogen) atoms. The molecule has 112 valence electrons. The van der Waals surface area contributed by atoms with E-state index < -0.39 is 0 Å². The van der Waals surface area contributed by atoms with Gasteiger partial charge in [-0.1, -0.05) is 39.0 Å². The van der Waals surface area contributed by atoms with Crippen LogP contribution in [0.5, 0.6) is 0 Å². The summed E-state index contributed by atoms with van der Waals surface area (Å²) >= 11 is 0. The van der Waals surface area contributed by atoms with Gasteiger partial charge in [0.15, 0.2) is 0 Å². The third-order valence-corrected chi connectivity index (χ3v) is 3.06. The number of hydrogen-bond donors (Lipinski definition) is 1. The minimum absolute atomic E-state index is 0.0690. The van der Waals surface area contributed by atoms with Crippen LogP contribution in [0.25, 0.3) is 0 Å². The lowest BCUT2D eigenvalue weighted by molar-refractivity contribution is 0.0949. The molecule has 0 aliphatic rings. The normalized spacial score (nSPS) is 11.4. The van der Waals surface area contributed by atoms with E-state index in [2.05, 4.69) is 36.3 Å². The van der Waals surface area contributed by atoms with Crippen LogP contribution in [0.15, 0.2) is 30.5 Å². The Hall–Kier alpha value is -2.17. The van der Waals surface area contributed by atoms with E-state index in [1.54, 1.807) is 13.2 Å². The SMILES string of the molecule is Cn1ncc(CNC(=O)c2ccccc2CC(C)(C)C)n1. The maximum Gasteiger partial charge on any atom is 0.251 e. The number of aryl methyl sites for hydroxylation is 1. The van der Waals surface area contributed by atoms with Gasteiger partial charge < -0.3 is 5.32 Å². The number of carbonyl (C=O) groups is 1. The van der Waals surface area contributed by atoms with Gasteiger partial charge in [-0.2, -0.15) is 15.0 Å². The maximum absolute atomic E-state index is 12.4. The summed E-state index contributed by atoms with van der Waals surface area (Å²) in [4.78, 5) is 13.8. The van der Waals surface area contributed by atoms with Crippen molar-refractivity contribution < 1.29 is 4.79 Å². The summed E-state index contributed by atoms with van der Waals surface area (Å²) in [5, 5.41) is 11.0. The summed E-state index contributed by atoms with van der Waals surface area (Å²) in [6, 6.07) is 7.75. The zero-order valence-corrected chi connectivity index (χ0v) is 13.1. The molecule has 0 radical (unpaired) electrons. The van der Waals surface area contributed by atoms with Crippen molar-refractivity contribution >= 4 is 5.91 Å². The van der Waals surface area contributed by atoms with Crippen molar-refractivity contribution in [2.75, 3.05) is 0 Å². The lowest BCUT2D eigenvalue weighted by Crippen LogP contribution is -2.25. The Morgan fingerprint density at radius 1 is 1.29 bits per heavy atom. The molecule has 1 amide bonds. The van der Waals surface area contributed by atoms with Crippen LogP contribution in [0.4, 0.5) is 0 Å². The van der Waals surface area contributed by atoms with Crippen LogP contribution < -0.4 is 5.32 Å². The van der Waals surface area contributed by atoms with Crippen molar-refractivity contribution in [2.45, 2.75) is 33.7 Å². The highest BCUT2D eigenvalue weighted by Gasteiger charge is 2.17. The van der Waals surface area contributed by atoms with Gasteiger partial charge in [0.25, 0.3) is 5.91 Å². The highest BCUT2D eigenvalue weighted by molar-refractivity contribution is 5.95. The van der Waals surface area contributed by atoms with Crippen molar-refractivity contribution in [3.63, 3.8) is 0 Å². The van der Waals surface area contributed by atoms with Gasteiger partial charge in [0.1, 0.15) is 5.69 Å². The summed E-state index contributed by atoms with van der Waals surface area (Å²) in [5.41, 5.74) is 2.69. The summed E-state index contributed by atoms with van der Waals surface area (Å²) < 4.78 is 0. The molecule has 1 aromatic carbocycles. The third-order valence-electron chi connectivity index (χ3n) is 3.06. The number of benzene rings is 1. The van der Waals surface area contributed by atoms with Crippen molar-refractivity contribution in [2.24, 2.45) is 12.5 Å². The molecule has 2 aromatic rings. The average Bonchev–Trinajstić information content (AvgIpc) is 2.80. The smallest absolute Gasteiger partial charge is 0.251 e. The molecule has 0 unspecified atom stereocenters. The van der Waals surface area contributed by atoms with Gasteiger partial charge in [-0.05, 0) is 23.5 Å². The Kier molecular flexibility index (Phi) is 4.40. The average molecular weight is 286 g/mol. The Bertz CT molecular complexity index is 625. The molecular weight excluding hydrogens is 264 g/mol. The first kappa shape index (κ1) is 15.2. The van der Waals surface area contributed by atoms with Crippen LogP contribution in [0, 0.1) is 5.41 Å². The lowest BCUT2D eigenvalue weighted by atomic mass is 9.86. The second-order valence-corrected chi connectivity index (χ2v) is 6.40. The van der Waals surface area contributed by atoms with Crippen molar-refractivity contribution in [3.05, 3.63) is 47.3 Å². The van der Waals surface area contributed by atoms with Gasteiger partial charge in [0.05, 0.1) is 12.7 Å². The fraction of sp³-hybridized carbons (Fsp3) is 0.438. The number of nitrogens with one attached hydrogen (secondary N) is 1. The van der Waals surface area contributed by atoms with Crippen LogP contribution in [0.3, 0.4) is 0 Å². The van der Waals surface area contributed by atoms with Gasteiger partial charge in [-0.25, -0.2) is 0 Å². The number of nitrogens with zero attached hydrogens (tertiary/aromatic N) is 3. The van der Waals surface area contributed by atoms with Crippen molar-refractivity contribution in [1.29, 1.82) is 0 Å². The largest absolute Gasteiger partial charge is 0.346 e. The van der Waals surface area contributed by atoms with E-state index in [0.29, 0.717) is 6.54 Å². The van der Waals surface area contributed by atoms with E-state index in [1.807, 2.05) is 24.3 Å². The van der Waals surface area contributed by atoms with Gasteiger partial charge >= 0.3 is 0 Å². The molecule has 5 heteroatoms. The second-order valence-electron chi connectivity index (χ2n) is 6.40. The van der Waals surface area contributed by atoms with Crippen LogP contribution in [0.1, 0.15) is 42.4 Å². The highest BCUT2D eigenvalue weighted by atomic mass is 16.1. The highest BCUT2D eigenvalue weighted by Crippen LogP contribution is 2.22. The molecular formula is C16H22N4O. The zero-order valence-electron chi connectivity index (χ0n) is 13.1. The fourth-order valence-corrected chi connectivity index (χ4v) is 2.20. The number of hydrogen-bond acceptors (Lipinski definition) is 3. The van der Waals surface area contributed by atoms with Crippen molar-refractivity contribution in [3.8, 4) is 0 Å². The fourth-order valence-electron chi connectivity index (χ4n) is 2.20. The molecule has 0 bridgehead atoms. The molecule has 1 N–H and O–H groups in total. The second kappa shape index (κ2) is 6.08. The number of carbonyl (C=O) groups excluding carboxylic acids is 1. The minimum Gasteiger partial charge on any atom is -0.346 e. The zero-order chi connectivity index (χ0) is 15.5. The number of rotatable bonds is 4. The third kappa shape index (κ3) is 4.41. The molecule has 0 saturated carbocycles. The van der Waals surface area contributed by atoms with Crippen LogP contribution in [0.2, 0.25) is 0 Å². The molecule has 0 spiro atoms. The molecule has 1 aromatic heterocycles. The molecule has 0 atom stereocenters. The van der Waals surface area contributed by atoms with E-state index in [4.69, 9.17) is 0 Å². The molecule has 0 fully saturated rings. The number of amides is 1. The number of aromatic nitrogens is 3. The van der Waals surface area contributed by atoms with E-state index in [0.717, 1.165) is 23.2 Å². The summed E-state index contributed by atoms with van der Waals surface area (Å²) in [7, 11) is 1.75. The Morgan fingerprint density at radius 2 is 2.00 bits per heavy atom. The summed E-state index contributed by atoms with van der Waals surface area (Å²) in [6.45, 7) is 6.89. The van der Waals surface area contributed by atoms with E-state index in [-0.39, 0.29) is 11.3 Å². The molecule has 0 aliphatic heterocycles. The maximum atomic E-state index is 12.4. The standard InChI is InChI=1S/C16H22N4O/c1-16(2,3)9-12-7-5-6-8-14(12)15(21)17-10-13-11-18-20(4)19-13/h5-8,11H,9-10H2,1-4H3,(H,17,21). The lowest BCUT2D eigenvalue weighted by Gasteiger charge is -2.20. The Balaban J connectivity index is 2.08. The van der Waals surface area contributed by atoms with E-state index >= 15 is 0 Å². The first-order valence-corrected chi connectivity index (χ1v) is 7.06. The molecule has 2 rings (SSSR count). The van der Waals surface area contributed by atoms with Gasteiger partial charge in [-0.15, -0.1) is 0 Å². The topological polar surface area (TPSA) is 59.8 Å². The van der Waals surface area contributed by atoms with Gasteiger partial charge in [-0.3, -0.25) is 4.79 Å². The summed E-state index contributed by atoms with van der Waals surface area (Å²) in [5.74, 6) is -0.0690. The molecule has 0 aliphatic carbocycles. The molecule has 5 nitrogen and oxygen atoms in total. The Morgan fingerprint density at radius 3 is 2.62 bits per heavy atom. The first-order valence-electron chi connectivity index (χ1n) is 7.06. The van der Waals surface area contributed by atoms with Gasteiger partial charge in [0, 0.05) is 12.6 Å². The quantitative estimate of drug-likeness (QED) is 0.938. The summed E-state index contributed by atoms with van der Waals surface area (Å²) in [6.07, 6.45) is 2.52. The van der Waals surface area contributed by atoms with E-state index in [9.17, 15) is 4.79 Å². The Labute approximate surface area is 125 Å². The van der Waals surface area contributed by atoms with E-state index in [1.165, 1.54) is 4.80 Å². The van der Waals surface area contributed by atoms with Gasteiger partial charge in [0.2, 0.25) is 0 Å². The van der Waals surface area contributed by atoms with Crippen LogP contribution >= 0.6 is 0 Å². The monoisotopic (exact) mass is 286 g/mol. The minimum atomic E-state index is -0.0690. The van der Waals surface area contributed by atoms with Crippen LogP contribution in [-0.2, 0) is 20.0 Å².